The van der Waals surface area contributed by atoms with E-state index in [2.05, 4.69) is 38.6 Å². The second-order valence-electron chi connectivity index (χ2n) is 8.22. The Morgan fingerprint density at radius 3 is 1.55 bits per heavy atom. The summed E-state index contributed by atoms with van der Waals surface area (Å²) in [5.41, 5.74) is 8.58. The van der Waals surface area contributed by atoms with Gasteiger partial charge in [-0.15, -0.1) is 11.6 Å². The topological polar surface area (TPSA) is 204 Å². The van der Waals surface area contributed by atoms with Crippen LogP contribution in [0.2, 0.25) is 0 Å². The number of alkyl halides is 1. The Morgan fingerprint density at radius 2 is 1.25 bits per heavy atom. The van der Waals surface area contributed by atoms with Crippen LogP contribution in [0.25, 0.3) is 0 Å². The van der Waals surface area contributed by atoms with Crippen molar-refractivity contribution in [2.45, 2.75) is 52.6 Å². The van der Waals surface area contributed by atoms with Crippen molar-refractivity contribution >= 4 is 81.5 Å². The molecule has 0 aromatic rings. The van der Waals surface area contributed by atoms with Gasteiger partial charge in [0, 0.05) is 26.2 Å². The molecule has 0 saturated carbocycles. The number of carbonyl (C=O) groups is 5. The first-order valence-corrected chi connectivity index (χ1v) is 14.2. The van der Waals surface area contributed by atoms with Crippen LogP contribution < -0.4 is 84.1 Å². The Labute approximate surface area is 299 Å². The molecule has 0 spiro atoms. The average Bonchev–Trinajstić information content (AvgIpc) is 2.84. The molecule has 0 heterocycles. The zero-order valence-corrected chi connectivity index (χ0v) is 30.6. The van der Waals surface area contributed by atoms with Crippen molar-refractivity contribution in [2.24, 2.45) is 11.5 Å². The first-order chi connectivity index (χ1) is 18.0. The van der Waals surface area contributed by atoms with Gasteiger partial charge in [0.05, 0.1) is 19.0 Å². The number of halogens is 1. The molecule has 8 N–H and O–H groups in total. The third-order valence-electron chi connectivity index (χ3n) is 3.87. The predicted octanol–water partition coefficient (Wildman–Crippen LogP) is -3.10. The second kappa shape index (κ2) is 27.5. The molecular formula is C22H42ClKN6O7S3. The zero-order chi connectivity index (χ0) is 31.1. The van der Waals surface area contributed by atoms with E-state index in [4.69, 9.17) is 40.0 Å². The molecule has 0 unspecified atom stereocenters. The molecule has 4 amide bonds. The first-order valence-electron chi connectivity index (χ1n) is 11.8. The fraction of sp³-hybridized carbons (Fsp3) is 0.727. The van der Waals surface area contributed by atoms with E-state index in [9.17, 15) is 24.0 Å². The van der Waals surface area contributed by atoms with Crippen LogP contribution in [0, 0.1) is 0 Å². The largest absolute Gasteiger partial charge is 1.00 e. The van der Waals surface area contributed by atoms with Gasteiger partial charge in [-0.3, -0.25) is 24.0 Å². The van der Waals surface area contributed by atoms with Gasteiger partial charge >= 0.3 is 51.4 Å². The molecule has 13 nitrogen and oxygen atoms in total. The maximum absolute atomic E-state index is 11.8. The minimum atomic E-state index is -0.986. The Morgan fingerprint density at radius 1 is 0.850 bits per heavy atom. The summed E-state index contributed by atoms with van der Waals surface area (Å²) in [6.07, 6.45) is 0. The van der Waals surface area contributed by atoms with E-state index in [-0.39, 0.29) is 86.6 Å². The number of rotatable bonds is 13. The van der Waals surface area contributed by atoms with E-state index < -0.39 is 16.4 Å². The number of nitrogens with one attached hydrogen (secondary N) is 4. The normalized spacial score (nSPS) is 10.0. The summed E-state index contributed by atoms with van der Waals surface area (Å²) in [4.78, 5) is 55.5. The summed E-state index contributed by atoms with van der Waals surface area (Å²) < 4.78 is 9.58. The van der Waals surface area contributed by atoms with Crippen LogP contribution in [-0.4, -0.2) is 95.4 Å². The van der Waals surface area contributed by atoms with Gasteiger partial charge in [0.1, 0.15) is 17.0 Å². The van der Waals surface area contributed by atoms with Gasteiger partial charge in [0.15, 0.2) is 5.30 Å². The number of thioether (sulfide) groups is 1. The maximum atomic E-state index is 11.8. The molecule has 40 heavy (non-hydrogen) atoms. The fourth-order valence-corrected chi connectivity index (χ4v) is 3.10. The summed E-state index contributed by atoms with van der Waals surface area (Å²) in [5.74, 6) is -1.25. The molecule has 228 valence electrons. The van der Waals surface area contributed by atoms with E-state index in [1.54, 1.807) is 34.6 Å². The Kier molecular flexibility index (Phi) is 32.0. The van der Waals surface area contributed by atoms with Gasteiger partial charge in [-0.25, -0.2) is 0 Å². The number of carbonyl (C=O) groups excluding carboxylic acids is 5. The number of ether oxygens (including phenoxy) is 2. The summed E-state index contributed by atoms with van der Waals surface area (Å²) in [5, 5.41) is 9.71. The first kappa shape index (κ1) is 46.6. The number of hydrogen-bond acceptors (Lipinski definition) is 12. The third kappa shape index (κ3) is 27.8. The van der Waals surface area contributed by atoms with Gasteiger partial charge in [0.2, 0.25) is 28.0 Å². The van der Waals surface area contributed by atoms with Crippen LogP contribution in [-0.2, 0) is 41.3 Å². The quantitative estimate of drug-likeness (QED) is 0.0379. The van der Waals surface area contributed by atoms with E-state index in [1.807, 2.05) is 6.92 Å². The smallest absolute Gasteiger partial charge is 0.698 e. The molecule has 18 heteroatoms. The summed E-state index contributed by atoms with van der Waals surface area (Å²) in [7, 11) is 0. The number of nitrogens with two attached hydrogens (primary N) is 2. The van der Waals surface area contributed by atoms with Crippen LogP contribution >= 0.6 is 35.6 Å². The van der Waals surface area contributed by atoms with Crippen LogP contribution in [0.5, 0.6) is 0 Å². The SMILES string of the molecule is CC(C)(NC(=O)CCl)C(=O)NCCN.CCOC(=O)[S-].CCOC(=S)SCC(=O)NC(C)(C)C(=O)NCCN.[K+]. The summed E-state index contributed by atoms with van der Waals surface area (Å²) in [6, 6.07) is 0. The monoisotopic (exact) mass is 672 g/mol. The van der Waals surface area contributed by atoms with Crippen LogP contribution in [0.3, 0.4) is 0 Å². The Balaban J connectivity index is -0.000000271. The van der Waals surface area contributed by atoms with Gasteiger partial charge in [-0.1, -0.05) is 11.8 Å². The molecule has 0 fully saturated rings. The molecule has 0 aliphatic carbocycles. The molecule has 0 aromatic heterocycles. The molecule has 0 rings (SSSR count). The van der Waals surface area contributed by atoms with Crippen molar-refractivity contribution in [3.63, 3.8) is 0 Å². The van der Waals surface area contributed by atoms with Crippen molar-refractivity contribution in [3.05, 3.63) is 0 Å². The molecule has 0 bridgehead atoms. The average molecular weight is 673 g/mol. The minimum absolute atomic E-state index is 0. The predicted molar refractivity (Wildman–Crippen MR) is 160 cm³/mol. The van der Waals surface area contributed by atoms with Crippen molar-refractivity contribution in [1.29, 1.82) is 0 Å². The van der Waals surface area contributed by atoms with Gasteiger partial charge in [0.25, 0.3) is 0 Å². The van der Waals surface area contributed by atoms with Crippen molar-refractivity contribution in [1.82, 2.24) is 21.3 Å². The number of amides is 4. The molecule has 0 saturated heterocycles. The Hall–Kier alpha value is -0.344. The summed E-state index contributed by atoms with van der Waals surface area (Å²) in [6.45, 7) is 12.3. The van der Waals surface area contributed by atoms with Crippen molar-refractivity contribution < 1.29 is 84.8 Å². The summed E-state index contributed by atoms with van der Waals surface area (Å²) >= 11 is 15.3. The third-order valence-corrected chi connectivity index (χ3v) is 5.46. The van der Waals surface area contributed by atoms with Gasteiger partial charge < -0.3 is 54.8 Å². The molecule has 0 aromatic carbocycles. The van der Waals surface area contributed by atoms with E-state index in [0.717, 1.165) is 11.8 Å². The van der Waals surface area contributed by atoms with E-state index in [0.29, 0.717) is 43.8 Å². The van der Waals surface area contributed by atoms with E-state index >= 15 is 0 Å². The number of thiocarbonyl (C=S) groups is 1. The van der Waals surface area contributed by atoms with Crippen LogP contribution in [0.1, 0.15) is 41.5 Å². The molecule has 0 atom stereocenters. The zero-order valence-electron chi connectivity index (χ0n) is 24.3. The van der Waals surface area contributed by atoms with Crippen LogP contribution in [0.4, 0.5) is 4.79 Å². The Bertz CT molecular complexity index is 796. The second-order valence-corrected chi connectivity index (χ2v) is 10.4. The molecular weight excluding hydrogens is 631 g/mol. The molecule has 0 radical (unpaired) electrons. The van der Waals surface area contributed by atoms with E-state index in [1.165, 1.54) is 0 Å². The standard InChI is InChI=1S/C11H21N3O3S2.C8H16ClN3O2.C3H6O2S.K/c1-4-17-10(18)19-7-8(15)14-11(2,3)9(16)13-6-5-12;1-8(2,12-6(13)5-9)7(14)11-4-3-10;1-2-5-3(4)6;/h4-7,12H2,1-3H3,(H,13,16)(H,14,15);3-5,10H2,1-2H3,(H,11,14)(H,12,13);2H2,1H3,(H,4,6);/q;;;+1/p-1. The van der Waals surface area contributed by atoms with Gasteiger partial charge in [-0.05, 0) is 53.8 Å². The molecule has 0 aliphatic rings. The van der Waals surface area contributed by atoms with Crippen molar-refractivity contribution in [3.8, 4) is 0 Å². The number of hydrogen-bond donors (Lipinski definition) is 6. The van der Waals surface area contributed by atoms with Crippen LogP contribution in [0.15, 0.2) is 0 Å². The fourth-order valence-electron chi connectivity index (χ4n) is 2.10. The molecule has 0 aliphatic heterocycles. The van der Waals surface area contributed by atoms with Crippen molar-refractivity contribution in [2.75, 3.05) is 51.0 Å². The van der Waals surface area contributed by atoms with Gasteiger partial charge in [-0.2, -0.15) is 0 Å². The maximum Gasteiger partial charge on any atom is 1.00 e. The minimum Gasteiger partial charge on any atom is -0.698 e.